The number of fused-ring (bicyclic) bond motifs is 1. The van der Waals surface area contributed by atoms with Crippen LogP contribution < -0.4 is 4.90 Å². The summed E-state index contributed by atoms with van der Waals surface area (Å²) in [6.45, 7) is -0.357. The lowest BCUT2D eigenvalue weighted by atomic mass is 10.2. The van der Waals surface area contributed by atoms with Crippen molar-refractivity contribution in [3.05, 3.63) is 47.9 Å². The number of halogens is 1. The number of thiophene rings is 1. The van der Waals surface area contributed by atoms with Crippen molar-refractivity contribution in [3.63, 3.8) is 0 Å². The van der Waals surface area contributed by atoms with Crippen LogP contribution in [0.1, 0.15) is 6.42 Å². The predicted molar refractivity (Wildman–Crippen MR) is 108 cm³/mol. The van der Waals surface area contributed by atoms with Crippen LogP contribution in [-0.4, -0.2) is 40.7 Å². The van der Waals surface area contributed by atoms with E-state index in [-0.39, 0.29) is 18.7 Å². The second-order valence-electron chi connectivity index (χ2n) is 5.70. The Hall–Kier alpha value is -3.03. The van der Waals surface area contributed by atoms with Gasteiger partial charge >= 0.3 is 5.97 Å². The summed E-state index contributed by atoms with van der Waals surface area (Å²) in [6.07, 6.45) is 1.53. The number of anilines is 1. The number of ether oxygens (including phenoxy) is 1. The Morgan fingerprint density at radius 1 is 1.24 bits per heavy atom. The second kappa shape index (κ2) is 9.95. The standard InChI is InChI=1S/C19H15FN4O3S2/c20-13-2-4-14(5-3-13)24(8-1-7-21)16(25)10-27-17(26)11-29-19-15-6-9-28-18(15)22-12-23-19/h2-6,9,12H,1,8,10-11H2. The lowest BCUT2D eigenvalue weighted by molar-refractivity contribution is -0.145. The van der Waals surface area contributed by atoms with Crippen LogP contribution >= 0.6 is 23.1 Å². The maximum absolute atomic E-state index is 13.1. The largest absolute Gasteiger partial charge is 0.455 e. The molecule has 0 saturated carbocycles. The van der Waals surface area contributed by atoms with Crippen LogP contribution in [-0.2, 0) is 14.3 Å². The molecule has 0 N–H and O–H groups in total. The van der Waals surface area contributed by atoms with Crippen molar-refractivity contribution in [1.29, 1.82) is 5.26 Å². The highest BCUT2D eigenvalue weighted by molar-refractivity contribution is 8.00. The molecule has 2 heterocycles. The zero-order valence-corrected chi connectivity index (χ0v) is 16.7. The van der Waals surface area contributed by atoms with Crippen molar-refractivity contribution in [3.8, 4) is 6.07 Å². The molecule has 0 atom stereocenters. The van der Waals surface area contributed by atoms with Gasteiger partial charge in [0.1, 0.15) is 22.0 Å². The van der Waals surface area contributed by atoms with Crippen molar-refractivity contribution < 1.29 is 18.7 Å². The van der Waals surface area contributed by atoms with E-state index in [1.165, 1.54) is 58.6 Å². The Labute approximate surface area is 174 Å². The average molecular weight is 430 g/mol. The third-order valence-corrected chi connectivity index (χ3v) is 5.59. The molecule has 0 unspecified atom stereocenters. The van der Waals surface area contributed by atoms with Crippen LogP contribution in [0.25, 0.3) is 10.2 Å². The smallest absolute Gasteiger partial charge is 0.316 e. The molecule has 0 bridgehead atoms. The number of esters is 1. The van der Waals surface area contributed by atoms with Crippen molar-refractivity contribution in [2.24, 2.45) is 0 Å². The van der Waals surface area contributed by atoms with E-state index in [2.05, 4.69) is 9.97 Å². The fraction of sp³-hybridized carbons (Fsp3) is 0.211. The Bertz CT molecular complexity index is 1050. The molecule has 0 aliphatic carbocycles. The van der Waals surface area contributed by atoms with Gasteiger partial charge in [-0.05, 0) is 35.7 Å². The van der Waals surface area contributed by atoms with Gasteiger partial charge in [0.15, 0.2) is 6.61 Å². The summed E-state index contributed by atoms with van der Waals surface area (Å²) in [6, 6.07) is 9.15. The number of hydrogen-bond donors (Lipinski definition) is 0. The highest BCUT2D eigenvalue weighted by atomic mass is 32.2. The molecular weight excluding hydrogens is 415 g/mol. The molecule has 148 valence electrons. The topological polar surface area (TPSA) is 96.2 Å². The minimum absolute atomic E-state index is 0.00994. The number of carbonyl (C=O) groups excluding carboxylic acids is 2. The van der Waals surface area contributed by atoms with Gasteiger partial charge in [0, 0.05) is 17.6 Å². The van der Waals surface area contributed by atoms with Gasteiger partial charge in [0.25, 0.3) is 5.91 Å². The molecule has 2 aromatic heterocycles. The van der Waals surface area contributed by atoms with E-state index in [4.69, 9.17) is 10.00 Å². The van der Waals surface area contributed by atoms with Crippen molar-refractivity contribution in [2.45, 2.75) is 11.4 Å². The molecule has 3 aromatic rings. The predicted octanol–water partition coefficient (Wildman–Crippen LogP) is 3.41. The molecule has 3 rings (SSSR count). The molecule has 29 heavy (non-hydrogen) atoms. The van der Waals surface area contributed by atoms with Crippen LogP contribution in [0.5, 0.6) is 0 Å². The van der Waals surface area contributed by atoms with Crippen LogP contribution in [0.2, 0.25) is 0 Å². The normalized spacial score (nSPS) is 10.5. The number of hydrogen-bond acceptors (Lipinski definition) is 8. The Kier molecular flexibility index (Phi) is 7.10. The van der Waals surface area contributed by atoms with Crippen LogP contribution in [0.15, 0.2) is 47.1 Å². The van der Waals surface area contributed by atoms with Crippen molar-refractivity contribution in [2.75, 3.05) is 23.8 Å². The zero-order valence-electron chi connectivity index (χ0n) is 15.1. The molecular formula is C19H15FN4O3S2. The zero-order chi connectivity index (χ0) is 20.6. The fourth-order valence-electron chi connectivity index (χ4n) is 2.45. The first kappa shape index (κ1) is 20.7. The number of thioether (sulfide) groups is 1. The molecule has 0 fully saturated rings. The molecule has 10 heteroatoms. The summed E-state index contributed by atoms with van der Waals surface area (Å²) >= 11 is 2.69. The highest BCUT2D eigenvalue weighted by Gasteiger charge is 2.18. The molecule has 0 spiro atoms. The van der Waals surface area contributed by atoms with Gasteiger partial charge in [0.05, 0.1) is 18.2 Å². The number of nitrogens with zero attached hydrogens (tertiary/aromatic N) is 4. The monoisotopic (exact) mass is 430 g/mol. The van der Waals surface area contributed by atoms with Gasteiger partial charge < -0.3 is 9.64 Å². The number of carbonyl (C=O) groups is 2. The summed E-state index contributed by atoms with van der Waals surface area (Å²) in [5, 5.41) is 12.2. The van der Waals surface area contributed by atoms with Gasteiger partial charge in [-0.3, -0.25) is 9.59 Å². The number of aromatic nitrogens is 2. The molecule has 0 aliphatic heterocycles. The van der Waals surface area contributed by atoms with Crippen LogP contribution in [0.3, 0.4) is 0 Å². The number of nitriles is 1. The maximum Gasteiger partial charge on any atom is 0.316 e. The lowest BCUT2D eigenvalue weighted by Gasteiger charge is -2.21. The first-order valence-electron chi connectivity index (χ1n) is 8.48. The minimum atomic E-state index is -0.565. The fourth-order valence-corrected chi connectivity index (χ4v) is 4.03. The quantitative estimate of drug-likeness (QED) is 0.307. The molecule has 1 amide bonds. The van der Waals surface area contributed by atoms with Crippen molar-refractivity contribution in [1.82, 2.24) is 9.97 Å². The Morgan fingerprint density at radius 3 is 2.79 bits per heavy atom. The van der Waals surface area contributed by atoms with E-state index in [1.54, 1.807) is 0 Å². The van der Waals surface area contributed by atoms with E-state index in [0.29, 0.717) is 10.7 Å². The van der Waals surface area contributed by atoms with Gasteiger partial charge in [-0.1, -0.05) is 11.8 Å². The van der Waals surface area contributed by atoms with Crippen LogP contribution in [0, 0.1) is 17.1 Å². The number of rotatable bonds is 8. The first-order chi connectivity index (χ1) is 14.1. The van der Waals surface area contributed by atoms with Crippen LogP contribution in [0.4, 0.5) is 10.1 Å². The average Bonchev–Trinajstić information content (AvgIpc) is 3.21. The number of amides is 1. The van der Waals surface area contributed by atoms with E-state index < -0.39 is 24.3 Å². The summed E-state index contributed by atoms with van der Waals surface area (Å²) in [4.78, 5) is 35.0. The second-order valence-corrected chi connectivity index (χ2v) is 7.56. The maximum atomic E-state index is 13.1. The molecule has 0 saturated heterocycles. The van der Waals surface area contributed by atoms with E-state index >= 15 is 0 Å². The van der Waals surface area contributed by atoms with Gasteiger partial charge in [-0.15, -0.1) is 11.3 Å². The highest BCUT2D eigenvalue weighted by Crippen LogP contribution is 2.27. The third-order valence-electron chi connectivity index (χ3n) is 3.80. The third kappa shape index (κ3) is 5.49. The molecule has 7 nitrogen and oxygen atoms in total. The SMILES string of the molecule is N#CCCN(C(=O)COC(=O)CSc1ncnc2sccc12)c1ccc(F)cc1. The van der Waals surface area contributed by atoms with E-state index in [9.17, 15) is 14.0 Å². The Morgan fingerprint density at radius 2 is 2.03 bits per heavy atom. The molecule has 0 aliphatic rings. The number of benzene rings is 1. The summed E-state index contributed by atoms with van der Waals surface area (Å²) in [7, 11) is 0. The van der Waals surface area contributed by atoms with Crippen molar-refractivity contribution >= 4 is 50.9 Å². The minimum Gasteiger partial charge on any atom is -0.455 e. The summed E-state index contributed by atoms with van der Waals surface area (Å²) < 4.78 is 18.2. The van der Waals surface area contributed by atoms with Gasteiger partial charge in [-0.2, -0.15) is 5.26 Å². The van der Waals surface area contributed by atoms with Gasteiger partial charge in [-0.25, -0.2) is 14.4 Å². The first-order valence-corrected chi connectivity index (χ1v) is 10.3. The lowest BCUT2D eigenvalue weighted by Crippen LogP contribution is -2.35. The van der Waals surface area contributed by atoms with Gasteiger partial charge in [0.2, 0.25) is 0 Å². The van der Waals surface area contributed by atoms with E-state index in [0.717, 1.165) is 10.2 Å². The summed E-state index contributed by atoms with van der Waals surface area (Å²) in [5.41, 5.74) is 0.429. The molecule has 1 aromatic carbocycles. The Balaban J connectivity index is 1.56. The summed E-state index contributed by atoms with van der Waals surface area (Å²) in [5.74, 6) is -1.50. The van der Waals surface area contributed by atoms with E-state index in [1.807, 2.05) is 17.5 Å². The molecule has 0 radical (unpaired) electrons.